The van der Waals surface area contributed by atoms with Crippen LogP contribution >= 0.6 is 0 Å². The largest absolute Gasteiger partial charge is 0.457 e. The standard InChI is InChI=1S/C23H19N5O2/c29-23(20-14-18(12-13-24-20)30-17-7-2-1-3-8-17)26-19-11-10-16-6-4-5-9-21(16)28-15-25-27-22(19)28/h1-9,12-15,19H,10-11H2,(H,26,29). The molecule has 7 nitrogen and oxygen atoms in total. The highest BCUT2D eigenvalue weighted by molar-refractivity contribution is 5.92. The molecule has 3 heterocycles. The molecule has 0 saturated carbocycles. The summed E-state index contributed by atoms with van der Waals surface area (Å²) in [6.07, 6.45) is 4.81. The number of rotatable bonds is 4. The SMILES string of the molecule is O=C(NC1CCc2ccccc2-n2cnnc21)c1cc(Oc2ccccc2)ccn1. The van der Waals surface area contributed by atoms with Gasteiger partial charge in [-0.1, -0.05) is 36.4 Å². The quantitative estimate of drug-likeness (QED) is 0.565. The number of aryl methyl sites for hydroxylation is 1. The maximum Gasteiger partial charge on any atom is 0.270 e. The van der Waals surface area contributed by atoms with Crippen LogP contribution in [0.3, 0.4) is 0 Å². The van der Waals surface area contributed by atoms with E-state index in [4.69, 9.17) is 4.74 Å². The van der Waals surface area contributed by atoms with Crippen molar-refractivity contribution in [3.8, 4) is 17.2 Å². The lowest BCUT2D eigenvalue weighted by Crippen LogP contribution is -2.30. The number of carbonyl (C=O) groups is 1. The molecule has 148 valence electrons. The highest BCUT2D eigenvalue weighted by Gasteiger charge is 2.26. The first-order chi connectivity index (χ1) is 14.8. The van der Waals surface area contributed by atoms with E-state index in [1.54, 1.807) is 24.7 Å². The van der Waals surface area contributed by atoms with E-state index in [0.29, 0.717) is 17.3 Å². The van der Waals surface area contributed by atoms with Gasteiger partial charge < -0.3 is 10.1 Å². The molecule has 0 spiro atoms. The van der Waals surface area contributed by atoms with Gasteiger partial charge in [-0.25, -0.2) is 0 Å². The summed E-state index contributed by atoms with van der Waals surface area (Å²) in [4.78, 5) is 17.2. The minimum absolute atomic E-state index is 0.270. The molecule has 1 aliphatic rings. The molecule has 2 aromatic carbocycles. The Kier molecular flexibility index (Phi) is 4.69. The minimum atomic E-state index is -0.279. The molecular formula is C23H19N5O2. The molecule has 0 saturated heterocycles. The number of amides is 1. The van der Waals surface area contributed by atoms with Crippen molar-refractivity contribution in [1.82, 2.24) is 25.1 Å². The molecule has 1 unspecified atom stereocenters. The molecule has 2 aromatic heterocycles. The van der Waals surface area contributed by atoms with Gasteiger partial charge in [0, 0.05) is 12.3 Å². The fraction of sp³-hybridized carbons (Fsp3) is 0.130. The molecule has 30 heavy (non-hydrogen) atoms. The number of aromatic nitrogens is 4. The Hall–Kier alpha value is -4.00. The van der Waals surface area contributed by atoms with Gasteiger partial charge in [0.25, 0.3) is 5.91 Å². The van der Waals surface area contributed by atoms with Gasteiger partial charge in [0.15, 0.2) is 5.82 Å². The van der Waals surface area contributed by atoms with E-state index in [1.807, 2.05) is 53.1 Å². The van der Waals surface area contributed by atoms with Crippen LogP contribution in [-0.2, 0) is 6.42 Å². The number of hydrogen-bond donors (Lipinski definition) is 1. The molecule has 0 aliphatic carbocycles. The third-order valence-corrected chi connectivity index (χ3v) is 5.09. The van der Waals surface area contributed by atoms with Gasteiger partial charge in [0.05, 0.1) is 11.7 Å². The van der Waals surface area contributed by atoms with Crippen LogP contribution < -0.4 is 10.1 Å². The summed E-state index contributed by atoms with van der Waals surface area (Å²) in [6, 6.07) is 20.7. The average Bonchev–Trinajstić information content (AvgIpc) is 3.22. The molecule has 0 radical (unpaired) electrons. The van der Waals surface area contributed by atoms with Gasteiger partial charge >= 0.3 is 0 Å². The lowest BCUT2D eigenvalue weighted by atomic mass is 10.1. The zero-order chi connectivity index (χ0) is 20.3. The number of ether oxygens (including phenoxy) is 1. The van der Waals surface area contributed by atoms with Gasteiger partial charge in [-0.15, -0.1) is 10.2 Å². The lowest BCUT2D eigenvalue weighted by molar-refractivity contribution is 0.0927. The van der Waals surface area contributed by atoms with Crippen molar-refractivity contribution in [3.05, 3.63) is 96.3 Å². The van der Waals surface area contributed by atoms with Gasteiger partial charge in [0.1, 0.15) is 23.5 Å². The van der Waals surface area contributed by atoms with E-state index in [9.17, 15) is 4.79 Å². The smallest absolute Gasteiger partial charge is 0.270 e. The van der Waals surface area contributed by atoms with Crippen molar-refractivity contribution in [2.24, 2.45) is 0 Å². The number of nitrogens with one attached hydrogen (secondary N) is 1. The second-order valence-corrected chi connectivity index (χ2v) is 7.04. The van der Waals surface area contributed by atoms with Crippen molar-refractivity contribution in [3.63, 3.8) is 0 Å². The second-order valence-electron chi connectivity index (χ2n) is 7.04. The number of fused-ring (bicyclic) bond motifs is 3. The highest BCUT2D eigenvalue weighted by atomic mass is 16.5. The Morgan fingerprint density at radius 2 is 1.87 bits per heavy atom. The minimum Gasteiger partial charge on any atom is -0.457 e. The number of nitrogens with zero attached hydrogens (tertiary/aromatic N) is 4. The van der Waals surface area contributed by atoms with Crippen LogP contribution in [0.25, 0.3) is 5.69 Å². The first-order valence-electron chi connectivity index (χ1n) is 9.76. The first-order valence-corrected chi connectivity index (χ1v) is 9.76. The number of carbonyl (C=O) groups excluding carboxylic acids is 1. The van der Waals surface area contributed by atoms with Gasteiger partial charge in [-0.05, 0) is 42.7 Å². The number of pyridine rings is 1. The normalized spacial score (nSPS) is 14.9. The fourth-order valence-electron chi connectivity index (χ4n) is 3.65. The third-order valence-electron chi connectivity index (χ3n) is 5.09. The molecule has 1 amide bonds. The molecule has 1 N–H and O–H groups in total. The Morgan fingerprint density at radius 3 is 2.77 bits per heavy atom. The molecule has 7 heteroatoms. The van der Waals surface area contributed by atoms with Crippen molar-refractivity contribution >= 4 is 5.91 Å². The molecule has 5 rings (SSSR count). The third kappa shape index (κ3) is 3.53. The Bertz CT molecular complexity index is 1190. The van der Waals surface area contributed by atoms with Crippen molar-refractivity contribution in [2.75, 3.05) is 0 Å². The van der Waals surface area contributed by atoms with Crippen LogP contribution in [0.15, 0.2) is 79.3 Å². The van der Waals surface area contributed by atoms with Crippen molar-refractivity contribution < 1.29 is 9.53 Å². The zero-order valence-corrected chi connectivity index (χ0v) is 16.1. The highest BCUT2D eigenvalue weighted by Crippen LogP contribution is 2.28. The molecule has 1 aliphatic heterocycles. The summed E-state index contributed by atoms with van der Waals surface area (Å²) in [7, 11) is 0. The second kappa shape index (κ2) is 7.79. The summed E-state index contributed by atoms with van der Waals surface area (Å²) in [5, 5.41) is 11.4. The van der Waals surface area contributed by atoms with E-state index in [-0.39, 0.29) is 17.6 Å². The maximum atomic E-state index is 12.9. The Labute approximate surface area is 173 Å². The predicted molar refractivity (Wildman–Crippen MR) is 111 cm³/mol. The fourth-order valence-corrected chi connectivity index (χ4v) is 3.65. The number of benzene rings is 2. The molecule has 1 atom stereocenters. The first kappa shape index (κ1) is 18.1. The molecule has 0 fully saturated rings. The summed E-state index contributed by atoms with van der Waals surface area (Å²) in [6.45, 7) is 0. The monoisotopic (exact) mass is 397 g/mol. The number of hydrogen-bond acceptors (Lipinski definition) is 5. The summed E-state index contributed by atoms with van der Waals surface area (Å²) in [5.74, 6) is 1.69. The van der Waals surface area contributed by atoms with E-state index >= 15 is 0 Å². The van der Waals surface area contributed by atoms with E-state index in [1.165, 1.54) is 5.56 Å². The molecule has 0 bridgehead atoms. The van der Waals surface area contributed by atoms with Gasteiger partial charge in [-0.2, -0.15) is 0 Å². The van der Waals surface area contributed by atoms with Crippen molar-refractivity contribution in [1.29, 1.82) is 0 Å². The Balaban J connectivity index is 1.37. The van der Waals surface area contributed by atoms with Crippen LogP contribution in [-0.4, -0.2) is 25.7 Å². The zero-order valence-electron chi connectivity index (χ0n) is 16.1. The van der Waals surface area contributed by atoms with Gasteiger partial charge in [0.2, 0.25) is 0 Å². The summed E-state index contributed by atoms with van der Waals surface area (Å²) in [5.41, 5.74) is 2.54. The van der Waals surface area contributed by atoms with Gasteiger partial charge in [-0.3, -0.25) is 14.3 Å². The lowest BCUT2D eigenvalue weighted by Gasteiger charge is -2.16. The molecular weight excluding hydrogens is 378 g/mol. The van der Waals surface area contributed by atoms with Crippen LogP contribution in [0.1, 0.15) is 34.3 Å². The van der Waals surface area contributed by atoms with Crippen molar-refractivity contribution in [2.45, 2.75) is 18.9 Å². The summed E-state index contributed by atoms with van der Waals surface area (Å²) >= 11 is 0. The van der Waals surface area contributed by atoms with Crippen LogP contribution in [0, 0.1) is 0 Å². The van der Waals surface area contributed by atoms with Crippen LogP contribution in [0.5, 0.6) is 11.5 Å². The topological polar surface area (TPSA) is 81.9 Å². The van der Waals surface area contributed by atoms with E-state index < -0.39 is 0 Å². The maximum absolute atomic E-state index is 12.9. The van der Waals surface area contributed by atoms with E-state index in [0.717, 1.165) is 18.5 Å². The average molecular weight is 397 g/mol. The Morgan fingerprint density at radius 1 is 1.03 bits per heavy atom. The van der Waals surface area contributed by atoms with E-state index in [2.05, 4.69) is 26.6 Å². The van der Waals surface area contributed by atoms with Crippen LogP contribution in [0.4, 0.5) is 0 Å². The van der Waals surface area contributed by atoms with Crippen LogP contribution in [0.2, 0.25) is 0 Å². The summed E-state index contributed by atoms with van der Waals surface area (Å²) < 4.78 is 7.76. The predicted octanol–water partition coefficient (Wildman–Crippen LogP) is 3.87. The number of para-hydroxylation sites is 2. The molecule has 4 aromatic rings.